The van der Waals surface area contributed by atoms with Gasteiger partial charge in [-0.05, 0) is 47.5 Å². The van der Waals surface area contributed by atoms with E-state index < -0.39 is 17.8 Å². The van der Waals surface area contributed by atoms with Crippen molar-refractivity contribution in [2.45, 2.75) is 19.0 Å². The first-order valence-electron chi connectivity index (χ1n) is 10.8. The van der Waals surface area contributed by atoms with E-state index in [0.717, 1.165) is 5.56 Å². The molecule has 0 saturated carbocycles. The number of hydrogen-bond acceptors (Lipinski definition) is 5. The van der Waals surface area contributed by atoms with Crippen molar-refractivity contribution in [3.05, 3.63) is 81.6 Å². The fourth-order valence-corrected chi connectivity index (χ4v) is 4.53. The summed E-state index contributed by atoms with van der Waals surface area (Å²) in [5.74, 6) is -0.0157. The summed E-state index contributed by atoms with van der Waals surface area (Å²) in [6, 6.07) is 14.5. The zero-order chi connectivity index (χ0) is 25.1. The van der Waals surface area contributed by atoms with Gasteiger partial charge in [0.2, 0.25) is 11.7 Å². The number of carbonyl (C=O) groups is 2. The molecule has 9 heteroatoms. The Balaban J connectivity index is 1.72. The standard InChI is InChI=1S/C26H24BrFN2O5/c1-33-22-10-16(11-23(34-2)25(22)35-3)21(30-14-15-6-4-5-7-18(15)26(30)32)13-24(31)29-20-9-8-17(27)12-19(20)28/h4-12,21H,13-14H2,1-3H3,(H,29,31). The molecule has 182 valence electrons. The highest BCUT2D eigenvalue weighted by atomic mass is 79.9. The van der Waals surface area contributed by atoms with E-state index in [2.05, 4.69) is 21.2 Å². The molecule has 0 bridgehead atoms. The average molecular weight is 543 g/mol. The number of methoxy groups -OCH3 is 3. The van der Waals surface area contributed by atoms with Crippen LogP contribution in [0.15, 0.2) is 59.1 Å². The summed E-state index contributed by atoms with van der Waals surface area (Å²) in [4.78, 5) is 28.0. The lowest BCUT2D eigenvalue weighted by molar-refractivity contribution is -0.117. The lowest BCUT2D eigenvalue weighted by atomic mass is 10.00. The number of nitrogens with one attached hydrogen (secondary N) is 1. The zero-order valence-electron chi connectivity index (χ0n) is 19.4. The summed E-state index contributed by atoms with van der Waals surface area (Å²) in [6.07, 6.45) is -0.117. The van der Waals surface area contributed by atoms with Gasteiger partial charge in [-0.3, -0.25) is 9.59 Å². The minimum absolute atomic E-state index is 0.0536. The number of carbonyl (C=O) groups excluding carboxylic acids is 2. The van der Waals surface area contributed by atoms with Crippen molar-refractivity contribution in [3.8, 4) is 17.2 Å². The second-order valence-corrected chi connectivity index (χ2v) is 8.86. The number of benzene rings is 3. The molecular weight excluding hydrogens is 519 g/mol. The molecule has 1 N–H and O–H groups in total. The van der Waals surface area contributed by atoms with Gasteiger partial charge < -0.3 is 24.4 Å². The first kappa shape index (κ1) is 24.5. The largest absolute Gasteiger partial charge is 0.493 e. The third kappa shape index (κ3) is 4.95. The van der Waals surface area contributed by atoms with Crippen LogP contribution in [0.1, 0.15) is 33.9 Å². The number of ether oxygens (including phenoxy) is 3. The Hall–Kier alpha value is -3.59. The first-order valence-corrected chi connectivity index (χ1v) is 11.6. The van der Waals surface area contributed by atoms with Crippen LogP contribution in [0.2, 0.25) is 0 Å². The highest BCUT2D eigenvalue weighted by molar-refractivity contribution is 9.10. The van der Waals surface area contributed by atoms with Crippen LogP contribution < -0.4 is 19.5 Å². The van der Waals surface area contributed by atoms with Crippen LogP contribution >= 0.6 is 15.9 Å². The van der Waals surface area contributed by atoms with E-state index in [4.69, 9.17) is 14.2 Å². The third-order valence-electron chi connectivity index (χ3n) is 5.88. The Bertz CT molecular complexity index is 1260. The Kier molecular flexibility index (Phi) is 7.25. The van der Waals surface area contributed by atoms with Crippen LogP contribution in [0.25, 0.3) is 0 Å². The molecule has 0 spiro atoms. The lowest BCUT2D eigenvalue weighted by Gasteiger charge is -2.29. The van der Waals surface area contributed by atoms with Crippen molar-refractivity contribution < 1.29 is 28.2 Å². The third-order valence-corrected chi connectivity index (χ3v) is 6.37. The summed E-state index contributed by atoms with van der Waals surface area (Å²) in [7, 11) is 4.49. The smallest absolute Gasteiger partial charge is 0.255 e. The first-order chi connectivity index (χ1) is 16.9. The van der Waals surface area contributed by atoms with Crippen molar-refractivity contribution in [3.63, 3.8) is 0 Å². The molecule has 4 rings (SSSR count). The van der Waals surface area contributed by atoms with E-state index in [9.17, 15) is 14.0 Å². The van der Waals surface area contributed by atoms with E-state index in [-0.39, 0.29) is 18.0 Å². The normalized spacial score (nSPS) is 13.3. The topological polar surface area (TPSA) is 77.1 Å². The lowest BCUT2D eigenvalue weighted by Crippen LogP contribution is -2.32. The average Bonchev–Trinajstić information content (AvgIpc) is 3.19. The second kappa shape index (κ2) is 10.4. The molecule has 35 heavy (non-hydrogen) atoms. The molecule has 1 heterocycles. The van der Waals surface area contributed by atoms with Crippen molar-refractivity contribution in [1.82, 2.24) is 4.90 Å². The van der Waals surface area contributed by atoms with Gasteiger partial charge in [0, 0.05) is 16.6 Å². The molecule has 1 atom stereocenters. The van der Waals surface area contributed by atoms with Crippen LogP contribution in [-0.2, 0) is 11.3 Å². The van der Waals surface area contributed by atoms with E-state index >= 15 is 0 Å². The van der Waals surface area contributed by atoms with E-state index in [1.807, 2.05) is 12.1 Å². The molecule has 1 unspecified atom stereocenters. The van der Waals surface area contributed by atoms with Gasteiger partial charge in [-0.1, -0.05) is 34.1 Å². The minimum atomic E-state index is -0.679. The zero-order valence-corrected chi connectivity index (χ0v) is 21.0. The second-order valence-electron chi connectivity index (χ2n) is 7.94. The Morgan fingerprint density at radius 2 is 1.74 bits per heavy atom. The molecule has 1 aliphatic rings. The predicted molar refractivity (Wildman–Crippen MR) is 133 cm³/mol. The summed E-state index contributed by atoms with van der Waals surface area (Å²) >= 11 is 3.21. The molecular formula is C26H24BrFN2O5. The fraction of sp³-hybridized carbons (Fsp3) is 0.231. The molecule has 3 aromatic carbocycles. The number of hydrogen-bond donors (Lipinski definition) is 1. The van der Waals surface area contributed by atoms with Crippen LogP contribution in [0.3, 0.4) is 0 Å². The van der Waals surface area contributed by atoms with Crippen molar-refractivity contribution in [2.75, 3.05) is 26.6 Å². The SMILES string of the molecule is COc1cc(C(CC(=O)Nc2ccc(Br)cc2F)N2Cc3ccccc3C2=O)cc(OC)c1OC. The minimum Gasteiger partial charge on any atom is -0.493 e. The Morgan fingerprint density at radius 3 is 2.34 bits per heavy atom. The maximum atomic E-state index is 14.3. The molecule has 1 aliphatic heterocycles. The molecule has 3 aromatic rings. The van der Waals surface area contributed by atoms with Crippen molar-refractivity contribution >= 4 is 33.4 Å². The Labute approximate surface area is 210 Å². The molecule has 0 saturated heterocycles. The molecule has 2 amide bonds. The highest BCUT2D eigenvalue weighted by Crippen LogP contribution is 2.43. The van der Waals surface area contributed by atoms with E-state index in [1.165, 1.54) is 33.5 Å². The van der Waals surface area contributed by atoms with Gasteiger partial charge in [0.15, 0.2) is 11.5 Å². The van der Waals surface area contributed by atoms with Crippen LogP contribution in [0.4, 0.5) is 10.1 Å². The van der Waals surface area contributed by atoms with Crippen LogP contribution in [0.5, 0.6) is 17.2 Å². The van der Waals surface area contributed by atoms with Crippen molar-refractivity contribution in [1.29, 1.82) is 0 Å². The summed E-state index contributed by atoms with van der Waals surface area (Å²) in [6.45, 7) is 0.330. The molecule has 0 radical (unpaired) electrons. The number of rotatable bonds is 8. The van der Waals surface area contributed by atoms with Gasteiger partial charge in [0.1, 0.15) is 5.82 Å². The van der Waals surface area contributed by atoms with Gasteiger partial charge in [-0.2, -0.15) is 0 Å². The number of fused-ring (bicyclic) bond motifs is 1. The van der Waals surface area contributed by atoms with Gasteiger partial charge in [0.05, 0.1) is 39.5 Å². The van der Waals surface area contributed by atoms with Crippen LogP contribution in [0, 0.1) is 5.82 Å². The summed E-state index contributed by atoms with van der Waals surface area (Å²) in [5.41, 5.74) is 2.13. The summed E-state index contributed by atoms with van der Waals surface area (Å²) < 4.78 is 31.3. The number of nitrogens with zero attached hydrogens (tertiary/aromatic N) is 1. The fourth-order valence-electron chi connectivity index (χ4n) is 4.20. The van der Waals surface area contributed by atoms with Gasteiger partial charge in [-0.15, -0.1) is 0 Å². The van der Waals surface area contributed by atoms with Gasteiger partial charge >= 0.3 is 0 Å². The van der Waals surface area contributed by atoms with Gasteiger partial charge in [0.25, 0.3) is 5.91 Å². The predicted octanol–water partition coefficient (Wildman–Crippen LogP) is 5.34. The number of amides is 2. The molecule has 0 aromatic heterocycles. The Morgan fingerprint density at radius 1 is 1.06 bits per heavy atom. The highest BCUT2D eigenvalue weighted by Gasteiger charge is 2.35. The molecule has 0 aliphatic carbocycles. The van der Waals surface area contributed by atoms with E-state index in [1.54, 1.807) is 35.2 Å². The quantitative estimate of drug-likeness (QED) is 0.415. The molecule has 0 fully saturated rings. The van der Waals surface area contributed by atoms with E-state index in [0.29, 0.717) is 39.4 Å². The number of halogens is 2. The van der Waals surface area contributed by atoms with Crippen LogP contribution in [-0.4, -0.2) is 38.0 Å². The van der Waals surface area contributed by atoms with Crippen molar-refractivity contribution in [2.24, 2.45) is 0 Å². The maximum absolute atomic E-state index is 14.3. The maximum Gasteiger partial charge on any atom is 0.255 e. The van der Waals surface area contributed by atoms with Gasteiger partial charge in [-0.25, -0.2) is 4.39 Å². The number of anilines is 1. The monoisotopic (exact) mass is 542 g/mol. The molecule has 7 nitrogen and oxygen atoms in total. The summed E-state index contributed by atoms with van der Waals surface area (Å²) in [5, 5.41) is 2.62.